The van der Waals surface area contributed by atoms with Crippen LogP contribution in [0.3, 0.4) is 0 Å². The lowest BCUT2D eigenvalue weighted by Crippen LogP contribution is -2.40. The first-order chi connectivity index (χ1) is 9.43. The molecule has 0 aliphatic carbocycles. The third-order valence-electron chi connectivity index (χ3n) is 2.69. The largest absolute Gasteiger partial charge is 0.481 e. The molecule has 0 fully saturated rings. The van der Waals surface area contributed by atoms with Crippen LogP contribution in [0.25, 0.3) is 0 Å². The third kappa shape index (κ3) is 4.83. The topological polar surface area (TPSA) is 69.6 Å². The van der Waals surface area contributed by atoms with Gasteiger partial charge < -0.3 is 15.3 Å². The summed E-state index contributed by atoms with van der Waals surface area (Å²) in [4.78, 5) is 23.5. The van der Waals surface area contributed by atoms with Crippen molar-refractivity contribution in [1.29, 1.82) is 0 Å². The highest BCUT2D eigenvalue weighted by molar-refractivity contribution is 5.75. The van der Waals surface area contributed by atoms with Crippen molar-refractivity contribution in [2.75, 3.05) is 13.1 Å². The smallest absolute Gasteiger partial charge is 0.317 e. The lowest BCUT2D eigenvalue weighted by molar-refractivity contribution is -0.137. The minimum absolute atomic E-state index is 0.0413. The number of aliphatic carboxylic acids is 1. The van der Waals surface area contributed by atoms with E-state index in [1.54, 1.807) is 6.92 Å². The zero-order valence-corrected chi connectivity index (χ0v) is 11.0. The molecule has 110 valence electrons. The van der Waals surface area contributed by atoms with E-state index in [2.05, 4.69) is 5.32 Å². The maximum Gasteiger partial charge on any atom is 0.317 e. The fourth-order valence-corrected chi connectivity index (χ4v) is 1.57. The Balaban J connectivity index is 2.52. The predicted octanol–water partition coefficient (Wildman–Crippen LogP) is 1.97. The Hall–Kier alpha value is -2.18. The van der Waals surface area contributed by atoms with Crippen LogP contribution in [-0.4, -0.2) is 35.1 Å². The van der Waals surface area contributed by atoms with Gasteiger partial charge in [-0.3, -0.25) is 4.79 Å². The highest BCUT2D eigenvalue weighted by Gasteiger charge is 2.12. The maximum atomic E-state index is 13.0. The average Bonchev–Trinajstić information content (AvgIpc) is 2.40. The van der Waals surface area contributed by atoms with E-state index in [-0.39, 0.29) is 19.5 Å². The summed E-state index contributed by atoms with van der Waals surface area (Å²) in [5, 5.41) is 11.1. The van der Waals surface area contributed by atoms with Gasteiger partial charge in [-0.25, -0.2) is 13.6 Å². The third-order valence-corrected chi connectivity index (χ3v) is 2.69. The van der Waals surface area contributed by atoms with Crippen molar-refractivity contribution in [3.8, 4) is 0 Å². The summed E-state index contributed by atoms with van der Waals surface area (Å²) in [5.41, 5.74) is 0.423. The van der Waals surface area contributed by atoms with E-state index in [9.17, 15) is 18.4 Å². The van der Waals surface area contributed by atoms with Gasteiger partial charge in [0.2, 0.25) is 0 Å². The fraction of sp³-hybridized carbons (Fsp3) is 0.385. The number of hydrogen-bond donors (Lipinski definition) is 2. The fourth-order valence-electron chi connectivity index (χ4n) is 1.57. The molecule has 20 heavy (non-hydrogen) atoms. The first-order valence-electron chi connectivity index (χ1n) is 6.12. The molecular formula is C13H16F2N2O3. The molecule has 5 nitrogen and oxygen atoms in total. The van der Waals surface area contributed by atoms with Crippen LogP contribution in [0.15, 0.2) is 18.2 Å². The van der Waals surface area contributed by atoms with Gasteiger partial charge in [0.05, 0.1) is 6.42 Å². The van der Waals surface area contributed by atoms with Crippen LogP contribution < -0.4 is 5.32 Å². The molecule has 0 atom stereocenters. The van der Waals surface area contributed by atoms with Crippen LogP contribution in [0.5, 0.6) is 0 Å². The summed E-state index contributed by atoms with van der Waals surface area (Å²) < 4.78 is 25.7. The highest BCUT2D eigenvalue weighted by Crippen LogP contribution is 2.08. The summed E-state index contributed by atoms with van der Waals surface area (Å²) in [6.45, 7) is 2.21. The molecule has 0 heterocycles. The van der Waals surface area contributed by atoms with Gasteiger partial charge in [-0.15, -0.1) is 0 Å². The average molecular weight is 286 g/mol. The normalized spacial score (nSPS) is 10.2. The number of halogens is 2. The number of urea groups is 1. The van der Waals surface area contributed by atoms with E-state index in [0.29, 0.717) is 12.1 Å². The van der Waals surface area contributed by atoms with Crippen molar-refractivity contribution in [3.63, 3.8) is 0 Å². The SMILES string of the molecule is CCN(CCC(=O)O)C(=O)NCc1ccc(F)c(F)c1. The van der Waals surface area contributed by atoms with Crippen molar-refractivity contribution >= 4 is 12.0 Å². The monoisotopic (exact) mass is 286 g/mol. The molecule has 7 heteroatoms. The molecule has 2 amide bonds. The Morgan fingerprint density at radius 2 is 2.00 bits per heavy atom. The number of hydrogen-bond acceptors (Lipinski definition) is 2. The van der Waals surface area contributed by atoms with Crippen molar-refractivity contribution in [2.45, 2.75) is 19.9 Å². The second-order valence-corrected chi connectivity index (χ2v) is 4.13. The Morgan fingerprint density at radius 1 is 1.30 bits per heavy atom. The van der Waals surface area contributed by atoms with Crippen LogP contribution in [0.2, 0.25) is 0 Å². The molecule has 1 rings (SSSR count). The van der Waals surface area contributed by atoms with Gasteiger partial charge in [0.1, 0.15) is 0 Å². The minimum atomic E-state index is -0.989. The van der Waals surface area contributed by atoms with Gasteiger partial charge in [0.25, 0.3) is 0 Å². The molecule has 0 spiro atoms. The first-order valence-corrected chi connectivity index (χ1v) is 6.12. The number of nitrogens with one attached hydrogen (secondary N) is 1. The van der Waals surface area contributed by atoms with Gasteiger partial charge in [-0.2, -0.15) is 0 Å². The van der Waals surface area contributed by atoms with Gasteiger partial charge in [-0.1, -0.05) is 6.07 Å². The number of carbonyl (C=O) groups is 2. The Kier molecular flexibility index (Phi) is 5.89. The second kappa shape index (κ2) is 7.42. The Labute approximate surface area is 115 Å². The molecule has 0 aliphatic rings. The predicted molar refractivity (Wildman–Crippen MR) is 68.1 cm³/mol. The van der Waals surface area contributed by atoms with Gasteiger partial charge >= 0.3 is 12.0 Å². The number of carboxylic acid groups (broad SMARTS) is 1. The summed E-state index contributed by atoms with van der Waals surface area (Å²) in [7, 11) is 0. The van der Waals surface area contributed by atoms with E-state index in [1.165, 1.54) is 11.0 Å². The van der Waals surface area contributed by atoms with Crippen molar-refractivity contribution in [3.05, 3.63) is 35.4 Å². The van der Waals surface area contributed by atoms with Crippen LogP contribution in [0.1, 0.15) is 18.9 Å². The highest BCUT2D eigenvalue weighted by atomic mass is 19.2. The first kappa shape index (κ1) is 15.9. The number of carboxylic acids is 1. The lowest BCUT2D eigenvalue weighted by Gasteiger charge is -2.20. The Morgan fingerprint density at radius 3 is 2.55 bits per heavy atom. The lowest BCUT2D eigenvalue weighted by atomic mass is 10.2. The van der Waals surface area contributed by atoms with E-state index >= 15 is 0 Å². The van der Waals surface area contributed by atoms with E-state index in [1.807, 2.05) is 0 Å². The zero-order chi connectivity index (χ0) is 15.1. The molecule has 0 saturated heterocycles. The molecule has 0 saturated carbocycles. The zero-order valence-electron chi connectivity index (χ0n) is 11.0. The van der Waals surface area contributed by atoms with Crippen molar-refractivity contribution in [1.82, 2.24) is 10.2 Å². The molecule has 0 bridgehead atoms. The number of benzene rings is 1. The van der Waals surface area contributed by atoms with Crippen LogP contribution in [-0.2, 0) is 11.3 Å². The summed E-state index contributed by atoms with van der Waals surface area (Å²) in [5.74, 6) is -2.91. The van der Waals surface area contributed by atoms with Crippen LogP contribution in [0.4, 0.5) is 13.6 Å². The number of rotatable bonds is 6. The molecule has 0 radical (unpaired) electrons. The number of nitrogens with zero attached hydrogens (tertiary/aromatic N) is 1. The number of carbonyl (C=O) groups excluding carboxylic acids is 1. The second-order valence-electron chi connectivity index (χ2n) is 4.13. The molecule has 0 unspecified atom stereocenters. The van der Waals surface area contributed by atoms with Crippen LogP contribution in [0, 0.1) is 11.6 Å². The van der Waals surface area contributed by atoms with Gasteiger partial charge in [0, 0.05) is 19.6 Å². The van der Waals surface area contributed by atoms with E-state index in [0.717, 1.165) is 12.1 Å². The molecule has 1 aromatic carbocycles. The van der Waals surface area contributed by atoms with Crippen molar-refractivity contribution < 1.29 is 23.5 Å². The van der Waals surface area contributed by atoms with E-state index in [4.69, 9.17) is 5.11 Å². The number of amides is 2. The molecular weight excluding hydrogens is 270 g/mol. The Bertz CT molecular complexity index is 495. The molecule has 0 aromatic heterocycles. The minimum Gasteiger partial charge on any atom is -0.481 e. The van der Waals surface area contributed by atoms with Crippen LogP contribution >= 0.6 is 0 Å². The molecule has 2 N–H and O–H groups in total. The quantitative estimate of drug-likeness (QED) is 0.840. The summed E-state index contributed by atoms with van der Waals surface area (Å²) in [6, 6.07) is 2.91. The van der Waals surface area contributed by atoms with Gasteiger partial charge in [0.15, 0.2) is 11.6 Å². The summed E-state index contributed by atoms with van der Waals surface area (Å²) in [6.07, 6.45) is -0.146. The van der Waals surface area contributed by atoms with Gasteiger partial charge in [-0.05, 0) is 24.6 Å². The maximum absolute atomic E-state index is 13.0. The van der Waals surface area contributed by atoms with E-state index < -0.39 is 23.6 Å². The van der Waals surface area contributed by atoms with Crippen molar-refractivity contribution in [2.24, 2.45) is 0 Å². The standard InChI is InChI=1S/C13H16F2N2O3/c1-2-17(6-5-12(18)19)13(20)16-8-9-3-4-10(14)11(15)7-9/h3-4,7H,2,5-6,8H2,1H3,(H,16,20)(H,18,19). The summed E-state index contributed by atoms with van der Waals surface area (Å²) >= 11 is 0. The molecule has 1 aromatic rings. The molecule has 0 aliphatic heterocycles.